The zero-order valence-corrected chi connectivity index (χ0v) is 11.2. The predicted molar refractivity (Wildman–Crippen MR) is 74.5 cm³/mol. The lowest BCUT2D eigenvalue weighted by Crippen LogP contribution is -2.42. The van der Waals surface area contributed by atoms with E-state index in [1.165, 1.54) is 16.3 Å². The second-order valence-electron chi connectivity index (χ2n) is 5.19. The Morgan fingerprint density at radius 3 is 2.78 bits per heavy atom. The molecule has 2 aromatic rings. The predicted octanol–water partition coefficient (Wildman–Crippen LogP) is 2.75. The van der Waals surface area contributed by atoms with Crippen LogP contribution in [0.2, 0.25) is 0 Å². The Labute approximate surface area is 108 Å². The van der Waals surface area contributed by atoms with Crippen LogP contribution < -0.4 is 5.32 Å². The number of methoxy groups -OCH3 is 1. The fraction of sp³-hybridized carbons (Fsp3) is 0.400. The quantitative estimate of drug-likeness (QED) is 0.878. The molecule has 0 aliphatic heterocycles. The Morgan fingerprint density at radius 2 is 2.00 bits per heavy atom. The third kappa shape index (κ3) is 3.06. The topological polar surface area (TPSA) is 34.1 Å². The normalized spacial score (nSPS) is 11.9. The molecule has 1 aromatic heterocycles. The largest absolute Gasteiger partial charge is 0.383 e. The minimum Gasteiger partial charge on any atom is -0.383 e. The Hall–Kier alpha value is -1.45. The zero-order valence-electron chi connectivity index (χ0n) is 11.2. The second-order valence-corrected chi connectivity index (χ2v) is 5.19. The molecule has 1 N–H and O–H groups in total. The van der Waals surface area contributed by atoms with Crippen LogP contribution in [0.3, 0.4) is 0 Å². The van der Waals surface area contributed by atoms with Gasteiger partial charge in [0.05, 0.1) is 6.61 Å². The van der Waals surface area contributed by atoms with Gasteiger partial charge in [0.25, 0.3) is 0 Å². The molecule has 2 rings (SSSR count). The number of benzene rings is 1. The number of nitrogens with one attached hydrogen (secondary N) is 1. The maximum atomic E-state index is 5.20. The first kappa shape index (κ1) is 13.0. The molecule has 3 nitrogen and oxygen atoms in total. The molecule has 96 valence electrons. The highest BCUT2D eigenvalue weighted by molar-refractivity contribution is 5.84. The van der Waals surface area contributed by atoms with Crippen molar-refractivity contribution in [3.63, 3.8) is 0 Å². The Kier molecular flexibility index (Phi) is 3.94. The van der Waals surface area contributed by atoms with Gasteiger partial charge in [-0.2, -0.15) is 0 Å². The highest BCUT2D eigenvalue weighted by Gasteiger charge is 2.16. The van der Waals surface area contributed by atoms with Gasteiger partial charge in [0.15, 0.2) is 0 Å². The van der Waals surface area contributed by atoms with Gasteiger partial charge < -0.3 is 10.1 Å². The highest BCUT2D eigenvalue weighted by Crippen LogP contribution is 2.17. The first-order valence-corrected chi connectivity index (χ1v) is 6.18. The third-order valence-electron chi connectivity index (χ3n) is 3.01. The van der Waals surface area contributed by atoms with Crippen molar-refractivity contribution in [1.82, 2.24) is 10.3 Å². The summed E-state index contributed by atoms with van der Waals surface area (Å²) in [5.41, 5.74) is 1.18. The number of nitrogens with zero attached hydrogens (tertiary/aromatic N) is 1. The summed E-state index contributed by atoms with van der Waals surface area (Å²) < 4.78 is 5.20. The molecule has 0 amide bonds. The van der Waals surface area contributed by atoms with E-state index in [1.54, 1.807) is 7.11 Å². The molecule has 0 atom stereocenters. The minimum atomic E-state index is -0.0360. The van der Waals surface area contributed by atoms with Gasteiger partial charge in [-0.3, -0.25) is 4.98 Å². The Morgan fingerprint density at radius 1 is 1.22 bits per heavy atom. The van der Waals surface area contributed by atoms with Crippen LogP contribution in [-0.4, -0.2) is 24.2 Å². The number of aromatic nitrogens is 1. The monoisotopic (exact) mass is 244 g/mol. The third-order valence-corrected chi connectivity index (χ3v) is 3.01. The highest BCUT2D eigenvalue weighted by atomic mass is 16.5. The van der Waals surface area contributed by atoms with Crippen LogP contribution in [0, 0.1) is 0 Å². The van der Waals surface area contributed by atoms with Crippen LogP contribution in [0.4, 0.5) is 0 Å². The number of hydrogen-bond acceptors (Lipinski definition) is 3. The summed E-state index contributed by atoms with van der Waals surface area (Å²) in [6.07, 6.45) is 3.83. The maximum Gasteiger partial charge on any atom is 0.0639 e. The molecule has 0 aliphatic carbocycles. The van der Waals surface area contributed by atoms with Gasteiger partial charge >= 0.3 is 0 Å². The molecule has 0 unspecified atom stereocenters. The van der Waals surface area contributed by atoms with Crippen LogP contribution in [0.15, 0.2) is 36.7 Å². The van der Waals surface area contributed by atoms with Gasteiger partial charge in [-0.25, -0.2) is 0 Å². The van der Waals surface area contributed by atoms with Crippen molar-refractivity contribution >= 4 is 10.8 Å². The van der Waals surface area contributed by atoms with Crippen LogP contribution in [0.25, 0.3) is 10.8 Å². The molecule has 1 heterocycles. The average molecular weight is 244 g/mol. The number of rotatable bonds is 5. The molecule has 0 fully saturated rings. The van der Waals surface area contributed by atoms with Crippen LogP contribution in [0.5, 0.6) is 0 Å². The van der Waals surface area contributed by atoms with Crippen molar-refractivity contribution in [2.24, 2.45) is 0 Å². The molecule has 0 aliphatic rings. The molecule has 18 heavy (non-hydrogen) atoms. The fourth-order valence-electron chi connectivity index (χ4n) is 2.07. The lowest BCUT2D eigenvalue weighted by Gasteiger charge is -2.25. The molecule has 0 bridgehead atoms. The molecule has 3 heteroatoms. The van der Waals surface area contributed by atoms with Gasteiger partial charge in [0.2, 0.25) is 0 Å². The zero-order chi connectivity index (χ0) is 13.0. The summed E-state index contributed by atoms with van der Waals surface area (Å²) in [6, 6.07) is 8.33. The van der Waals surface area contributed by atoms with Crippen molar-refractivity contribution in [3.8, 4) is 0 Å². The van der Waals surface area contributed by atoms with E-state index in [0.717, 1.165) is 6.54 Å². The molecular formula is C15H20N2O. The first-order chi connectivity index (χ1) is 8.62. The summed E-state index contributed by atoms with van der Waals surface area (Å²) >= 11 is 0. The fourth-order valence-corrected chi connectivity index (χ4v) is 2.07. The van der Waals surface area contributed by atoms with E-state index in [4.69, 9.17) is 4.74 Å². The van der Waals surface area contributed by atoms with Crippen molar-refractivity contribution in [2.45, 2.75) is 25.9 Å². The van der Waals surface area contributed by atoms with Crippen molar-refractivity contribution in [2.75, 3.05) is 13.7 Å². The van der Waals surface area contributed by atoms with Crippen LogP contribution >= 0.6 is 0 Å². The van der Waals surface area contributed by atoms with E-state index < -0.39 is 0 Å². The Bertz CT molecular complexity index is 517. The summed E-state index contributed by atoms with van der Waals surface area (Å²) in [6.45, 7) is 5.75. The SMILES string of the molecule is COCC(C)(C)NCc1cncc2ccccc12. The van der Waals surface area contributed by atoms with Gasteiger partial charge in [-0.15, -0.1) is 0 Å². The van der Waals surface area contributed by atoms with E-state index in [1.807, 2.05) is 18.5 Å². The average Bonchev–Trinajstić information content (AvgIpc) is 2.36. The minimum absolute atomic E-state index is 0.0360. The van der Waals surface area contributed by atoms with Crippen LogP contribution in [-0.2, 0) is 11.3 Å². The molecule has 0 saturated heterocycles. The van der Waals surface area contributed by atoms with E-state index in [0.29, 0.717) is 6.61 Å². The number of fused-ring (bicyclic) bond motifs is 1. The summed E-state index contributed by atoms with van der Waals surface area (Å²) in [7, 11) is 1.73. The molecule has 0 spiro atoms. The number of pyridine rings is 1. The van der Waals surface area contributed by atoms with Gasteiger partial charge in [0, 0.05) is 37.0 Å². The van der Waals surface area contributed by atoms with E-state index in [9.17, 15) is 0 Å². The number of hydrogen-bond donors (Lipinski definition) is 1. The Balaban J connectivity index is 2.17. The van der Waals surface area contributed by atoms with Crippen molar-refractivity contribution < 1.29 is 4.74 Å². The first-order valence-electron chi connectivity index (χ1n) is 6.18. The van der Waals surface area contributed by atoms with E-state index in [2.05, 4.69) is 42.3 Å². The summed E-state index contributed by atoms with van der Waals surface area (Å²) in [5, 5.41) is 5.94. The molecule has 0 saturated carbocycles. The van der Waals surface area contributed by atoms with Crippen molar-refractivity contribution in [1.29, 1.82) is 0 Å². The lowest BCUT2D eigenvalue weighted by atomic mass is 10.0. The van der Waals surface area contributed by atoms with Crippen LogP contribution in [0.1, 0.15) is 19.4 Å². The maximum absolute atomic E-state index is 5.20. The molecule has 1 aromatic carbocycles. The standard InChI is InChI=1S/C15H20N2O/c1-15(2,11-18-3)17-10-13-9-16-8-12-6-4-5-7-14(12)13/h4-9,17H,10-11H2,1-3H3. The lowest BCUT2D eigenvalue weighted by molar-refractivity contribution is 0.128. The number of ether oxygens (including phenoxy) is 1. The molecular weight excluding hydrogens is 224 g/mol. The smallest absolute Gasteiger partial charge is 0.0639 e. The van der Waals surface area contributed by atoms with Gasteiger partial charge in [-0.1, -0.05) is 24.3 Å². The van der Waals surface area contributed by atoms with E-state index >= 15 is 0 Å². The van der Waals surface area contributed by atoms with Gasteiger partial charge in [0.1, 0.15) is 0 Å². The second kappa shape index (κ2) is 5.46. The van der Waals surface area contributed by atoms with Gasteiger partial charge in [-0.05, 0) is 24.8 Å². The van der Waals surface area contributed by atoms with Crippen molar-refractivity contribution in [3.05, 3.63) is 42.2 Å². The van der Waals surface area contributed by atoms with E-state index in [-0.39, 0.29) is 5.54 Å². The summed E-state index contributed by atoms with van der Waals surface area (Å²) in [5.74, 6) is 0. The molecule has 0 radical (unpaired) electrons. The summed E-state index contributed by atoms with van der Waals surface area (Å²) in [4.78, 5) is 4.29.